The maximum absolute atomic E-state index is 13.8. The maximum atomic E-state index is 13.8. The van der Waals surface area contributed by atoms with Crippen LogP contribution in [0.4, 0.5) is 15.8 Å². The third-order valence-corrected chi connectivity index (χ3v) is 4.54. The van der Waals surface area contributed by atoms with E-state index in [0.29, 0.717) is 24.1 Å². The van der Waals surface area contributed by atoms with E-state index in [9.17, 15) is 4.39 Å². The zero-order valence-electron chi connectivity index (χ0n) is 12.6. The molecule has 1 aromatic carbocycles. The number of hydrogen-bond acceptors (Lipinski definition) is 4. The van der Waals surface area contributed by atoms with Crippen molar-refractivity contribution in [2.75, 3.05) is 43.4 Å². The SMILES string of the molecule is CCOc1cc(N2CCC(N3CCCC3)C2)c(N)cc1F. The van der Waals surface area contributed by atoms with Gasteiger partial charge in [-0.25, -0.2) is 4.39 Å². The lowest BCUT2D eigenvalue weighted by Gasteiger charge is -2.25. The lowest BCUT2D eigenvalue weighted by molar-refractivity contribution is 0.260. The standard InChI is InChI=1S/C16H24FN3O/c1-2-21-16-10-15(14(18)9-13(16)17)20-8-5-12(11-20)19-6-3-4-7-19/h9-10,12H,2-8,11,18H2,1H3. The number of likely N-dealkylation sites (tertiary alicyclic amines) is 1. The van der Waals surface area contributed by atoms with Gasteiger partial charge in [0, 0.05) is 31.3 Å². The molecule has 4 nitrogen and oxygen atoms in total. The Bertz CT molecular complexity index is 503. The second-order valence-electron chi connectivity index (χ2n) is 5.91. The molecule has 2 fully saturated rings. The molecule has 2 aliphatic rings. The van der Waals surface area contributed by atoms with Crippen LogP contribution in [0, 0.1) is 5.82 Å². The molecule has 0 radical (unpaired) electrons. The molecule has 2 saturated heterocycles. The van der Waals surface area contributed by atoms with Gasteiger partial charge in [0.1, 0.15) is 0 Å². The van der Waals surface area contributed by atoms with E-state index in [1.165, 1.54) is 32.0 Å². The van der Waals surface area contributed by atoms with Crippen LogP contribution in [0.25, 0.3) is 0 Å². The van der Waals surface area contributed by atoms with E-state index in [4.69, 9.17) is 10.5 Å². The topological polar surface area (TPSA) is 41.7 Å². The molecule has 0 aliphatic carbocycles. The van der Waals surface area contributed by atoms with Gasteiger partial charge in [0.05, 0.1) is 18.0 Å². The summed E-state index contributed by atoms with van der Waals surface area (Å²) in [5.41, 5.74) is 7.42. The van der Waals surface area contributed by atoms with Crippen molar-refractivity contribution in [3.8, 4) is 5.75 Å². The van der Waals surface area contributed by atoms with Gasteiger partial charge in [-0.15, -0.1) is 0 Å². The van der Waals surface area contributed by atoms with E-state index in [1.807, 2.05) is 6.92 Å². The quantitative estimate of drug-likeness (QED) is 0.866. The molecule has 0 bridgehead atoms. The van der Waals surface area contributed by atoms with Crippen molar-refractivity contribution < 1.29 is 9.13 Å². The number of benzene rings is 1. The summed E-state index contributed by atoms with van der Waals surface area (Å²) < 4.78 is 19.1. The van der Waals surface area contributed by atoms with Crippen molar-refractivity contribution in [2.45, 2.75) is 32.2 Å². The maximum Gasteiger partial charge on any atom is 0.167 e. The van der Waals surface area contributed by atoms with Gasteiger partial charge >= 0.3 is 0 Å². The third-order valence-electron chi connectivity index (χ3n) is 4.54. The molecule has 0 saturated carbocycles. The van der Waals surface area contributed by atoms with Gasteiger partial charge in [-0.1, -0.05) is 0 Å². The highest BCUT2D eigenvalue weighted by Gasteiger charge is 2.30. The number of halogens is 1. The predicted molar refractivity (Wildman–Crippen MR) is 83.4 cm³/mol. The second-order valence-corrected chi connectivity index (χ2v) is 5.91. The molecule has 116 valence electrons. The first-order valence-corrected chi connectivity index (χ1v) is 7.90. The number of nitrogen functional groups attached to an aromatic ring is 1. The van der Waals surface area contributed by atoms with Crippen LogP contribution in [0.3, 0.4) is 0 Å². The van der Waals surface area contributed by atoms with Crippen molar-refractivity contribution in [1.82, 2.24) is 4.90 Å². The van der Waals surface area contributed by atoms with Gasteiger partial charge < -0.3 is 15.4 Å². The summed E-state index contributed by atoms with van der Waals surface area (Å²) in [6, 6.07) is 3.73. The van der Waals surface area contributed by atoms with Crippen molar-refractivity contribution in [3.05, 3.63) is 17.9 Å². The van der Waals surface area contributed by atoms with E-state index in [-0.39, 0.29) is 5.82 Å². The van der Waals surface area contributed by atoms with Crippen LogP contribution in [0.15, 0.2) is 12.1 Å². The number of anilines is 2. The molecule has 0 amide bonds. The molecule has 2 aliphatic heterocycles. The van der Waals surface area contributed by atoms with Crippen LogP contribution in [0.5, 0.6) is 5.75 Å². The van der Waals surface area contributed by atoms with E-state index in [2.05, 4.69) is 9.80 Å². The molecular weight excluding hydrogens is 269 g/mol. The Morgan fingerprint density at radius 3 is 2.76 bits per heavy atom. The minimum Gasteiger partial charge on any atom is -0.491 e. The zero-order valence-corrected chi connectivity index (χ0v) is 12.6. The van der Waals surface area contributed by atoms with E-state index in [1.54, 1.807) is 6.07 Å². The Morgan fingerprint density at radius 2 is 2.05 bits per heavy atom. The molecule has 2 N–H and O–H groups in total. The van der Waals surface area contributed by atoms with Gasteiger partial charge in [-0.2, -0.15) is 0 Å². The van der Waals surface area contributed by atoms with Crippen molar-refractivity contribution >= 4 is 11.4 Å². The summed E-state index contributed by atoms with van der Waals surface area (Å²) in [6.45, 7) is 6.68. The molecule has 2 heterocycles. The average Bonchev–Trinajstić information content (AvgIpc) is 3.11. The molecule has 1 unspecified atom stereocenters. The number of rotatable bonds is 4. The number of ether oxygens (including phenoxy) is 1. The van der Waals surface area contributed by atoms with Crippen LogP contribution in [0.1, 0.15) is 26.2 Å². The monoisotopic (exact) mass is 293 g/mol. The highest BCUT2D eigenvalue weighted by Crippen LogP contribution is 2.34. The average molecular weight is 293 g/mol. The molecule has 1 atom stereocenters. The van der Waals surface area contributed by atoms with Gasteiger partial charge in [0.2, 0.25) is 0 Å². The Balaban J connectivity index is 1.76. The van der Waals surface area contributed by atoms with E-state index < -0.39 is 0 Å². The Morgan fingerprint density at radius 1 is 1.29 bits per heavy atom. The minimum atomic E-state index is -0.381. The molecule has 0 aromatic heterocycles. The fraction of sp³-hybridized carbons (Fsp3) is 0.625. The Kier molecular flexibility index (Phi) is 4.19. The molecule has 3 rings (SSSR count). The van der Waals surface area contributed by atoms with Gasteiger partial charge in [-0.05, 0) is 39.3 Å². The highest BCUT2D eigenvalue weighted by atomic mass is 19.1. The van der Waals surface area contributed by atoms with Crippen LogP contribution in [-0.4, -0.2) is 43.7 Å². The van der Waals surface area contributed by atoms with Crippen molar-refractivity contribution in [1.29, 1.82) is 0 Å². The minimum absolute atomic E-state index is 0.298. The van der Waals surface area contributed by atoms with Crippen LogP contribution in [0.2, 0.25) is 0 Å². The summed E-state index contributed by atoms with van der Waals surface area (Å²) >= 11 is 0. The van der Waals surface area contributed by atoms with Crippen molar-refractivity contribution in [2.24, 2.45) is 0 Å². The first-order valence-electron chi connectivity index (χ1n) is 7.90. The molecule has 0 spiro atoms. The summed E-state index contributed by atoms with van der Waals surface area (Å²) in [5.74, 6) is -0.0836. The van der Waals surface area contributed by atoms with Gasteiger partial charge in [-0.3, -0.25) is 4.90 Å². The van der Waals surface area contributed by atoms with Crippen LogP contribution >= 0.6 is 0 Å². The number of nitrogens with zero attached hydrogens (tertiary/aromatic N) is 2. The normalized spacial score (nSPS) is 23.0. The summed E-state index contributed by atoms with van der Waals surface area (Å²) in [5, 5.41) is 0. The Labute approximate surface area is 125 Å². The lowest BCUT2D eigenvalue weighted by atomic mass is 10.2. The smallest absolute Gasteiger partial charge is 0.167 e. The number of nitrogens with two attached hydrogens (primary N) is 1. The fourth-order valence-corrected chi connectivity index (χ4v) is 3.46. The van der Waals surface area contributed by atoms with Gasteiger partial charge in [0.25, 0.3) is 0 Å². The third kappa shape index (κ3) is 2.93. The summed E-state index contributed by atoms with van der Waals surface area (Å²) in [4.78, 5) is 4.84. The molecule has 1 aromatic rings. The predicted octanol–water partition coefficient (Wildman–Crippen LogP) is 2.48. The second kappa shape index (κ2) is 6.10. The van der Waals surface area contributed by atoms with E-state index >= 15 is 0 Å². The Hall–Kier alpha value is -1.49. The fourth-order valence-electron chi connectivity index (χ4n) is 3.46. The van der Waals surface area contributed by atoms with Gasteiger partial charge in [0.15, 0.2) is 11.6 Å². The lowest BCUT2D eigenvalue weighted by Crippen LogP contribution is -2.35. The van der Waals surface area contributed by atoms with E-state index in [0.717, 1.165) is 25.2 Å². The molecule has 21 heavy (non-hydrogen) atoms. The summed E-state index contributed by atoms with van der Waals surface area (Å²) in [6.07, 6.45) is 3.77. The highest BCUT2D eigenvalue weighted by molar-refractivity contribution is 5.70. The van der Waals surface area contributed by atoms with Crippen LogP contribution < -0.4 is 15.4 Å². The summed E-state index contributed by atoms with van der Waals surface area (Å²) in [7, 11) is 0. The largest absolute Gasteiger partial charge is 0.491 e. The van der Waals surface area contributed by atoms with Crippen molar-refractivity contribution in [3.63, 3.8) is 0 Å². The first-order chi connectivity index (χ1) is 10.2. The van der Waals surface area contributed by atoms with Crippen LogP contribution in [-0.2, 0) is 0 Å². The first kappa shape index (κ1) is 14.4. The number of hydrogen-bond donors (Lipinski definition) is 1. The molecular formula is C16H24FN3O. The zero-order chi connectivity index (χ0) is 14.8. The molecule has 5 heteroatoms.